The summed E-state index contributed by atoms with van der Waals surface area (Å²) >= 11 is 3.64. The number of hydrogen-bond acceptors (Lipinski definition) is 3. The zero-order chi connectivity index (χ0) is 13.5. The monoisotopic (exact) mass is 285 g/mol. The third-order valence-corrected chi connectivity index (χ3v) is 4.92. The van der Waals surface area contributed by atoms with Crippen LogP contribution in [-0.4, -0.2) is 35.0 Å². The maximum atomic E-state index is 11.0. The van der Waals surface area contributed by atoms with Gasteiger partial charge in [-0.2, -0.15) is 11.8 Å². The second-order valence-electron chi connectivity index (χ2n) is 3.90. The number of amides is 1. The maximum absolute atomic E-state index is 11.0. The second-order valence-corrected chi connectivity index (χ2v) is 6.70. The minimum absolute atomic E-state index is 0.471. The molecule has 0 aliphatic heterocycles. The number of anilines is 1. The molecular formula is C13H19NO2S2. The van der Waals surface area contributed by atoms with Crippen molar-refractivity contribution in [2.75, 3.05) is 23.5 Å². The summed E-state index contributed by atoms with van der Waals surface area (Å²) in [6.45, 7) is 4.32. The molecular weight excluding hydrogens is 266 g/mol. The molecule has 1 amide bonds. The molecule has 1 aromatic carbocycles. The Labute approximate surface area is 117 Å². The third kappa shape index (κ3) is 4.46. The molecule has 5 heteroatoms. The zero-order valence-corrected chi connectivity index (χ0v) is 12.6. The van der Waals surface area contributed by atoms with Gasteiger partial charge in [-0.25, -0.2) is 4.79 Å². The molecule has 0 saturated carbocycles. The Morgan fingerprint density at radius 2 is 2.11 bits per heavy atom. The van der Waals surface area contributed by atoms with Gasteiger partial charge in [-0.1, -0.05) is 26.0 Å². The highest BCUT2D eigenvalue weighted by Crippen LogP contribution is 2.33. The van der Waals surface area contributed by atoms with Crippen LogP contribution in [0.15, 0.2) is 29.2 Å². The van der Waals surface area contributed by atoms with Crippen LogP contribution >= 0.6 is 23.5 Å². The Morgan fingerprint density at radius 3 is 2.72 bits per heavy atom. The first-order valence-electron chi connectivity index (χ1n) is 5.86. The Balaban J connectivity index is 2.79. The van der Waals surface area contributed by atoms with E-state index in [9.17, 15) is 4.79 Å². The largest absolute Gasteiger partial charge is 0.465 e. The van der Waals surface area contributed by atoms with Gasteiger partial charge in [0.25, 0.3) is 0 Å². The van der Waals surface area contributed by atoms with Gasteiger partial charge in [-0.05, 0) is 17.9 Å². The smallest absolute Gasteiger partial charge is 0.411 e. The van der Waals surface area contributed by atoms with Crippen molar-refractivity contribution in [2.45, 2.75) is 24.0 Å². The molecule has 0 bridgehead atoms. The highest BCUT2D eigenvalue weighted by Gasteiger charge is 2.14. The molecule has 18 heavy (non-hydrogen) atoms. The van der Waals surface area contributed by atoms with E-state index < -0.39 is 6.09 Å². The van der Waals surface area contributed by atoms with Gasteiger partial charge >= 0.3 is 6.09 Å². The molecule has 1 N–H and O–H groups in total. The topological polar surface area (TPSA) is 40.5 Å². The average molecular weight is 285 g/mol. The molecule has 3 nitrogen and oxygen atoms in total. The molecule has 1 atom stereocenters. The molecule has 1 aromatic rings. The lowest BCUT2D eigenvalue weighted by molar-refractivity contribution is 0.203. The molecule has 0 saturated heterocycles. The Morgan fingerprint density at radius 1 is 1.44 bits per heavy atom. The Hall–Kier alpha value is -0.810. The molecule has 0 spiro atoms. The lowest BCUT2D eigenvalue weighted by atomic mass is 10.3. The lowest BCUT2D eigenvalue weighted by Gasteiger charge is -2.19. The van der Waals surface area contributed by atoms with Crippen LogP contribution in [0.25, 0.3) is 0 Å². The summed E-state index contributed by atoms with van der Waals surface area (Å²) in [7, 11) is 1.58. The van der Waals surface area contributed by atoms with Gasteiger partial charge in [-0.15, -0.1) is 11.8 Å². The summed E-state index contributed by atoms with van der Waals surface area (Å²) < 4.78 is 0. The van der Waals surface area contributed by atoms with Gasteiger partial charge in [0.2, 0.25) is 0 Å². The van der Waals surface area contributed by atoms with Crippen molar-refractivity contribution >= 4 is 35.3 Å². The normalized spacial score (nSPS) is 12.2. The van der Waals surface area contributed by atoms with Crippen molar-refractivity contribution < 1.29 is 9.90 Å². The fourth-order valence-electron chi connectivity index (χ4n) is 1.47. The summed E-state index contributed by atoms with van der Waals surface area (Å²) in [6.07, 6.45) is -0.932. The second kappa shape index (κ2) is 7.59. The molecule has 1 rings (SSSR count). The molecule has 0 aromatic heterocycles. The first-order chi connectivity index (χ1) is 8.56. The summed E-state index contributed by atoms with van der Waals surface area (Å²) in [6, 6.07) is 7.63. The van der Waals surface area contributed by atoms with E-state index in [-0.39, 0.29) is 0 Å². The van der Waals surface area contributed by atoms with Gasteiger partial charge < -0.3 is 5.11 Å². The van der Waals surface area contributed by atoms with Crippen molar-refractivity contribution in [3.8, 4) is 0 Å². The Bertz CT molecular complexity index is 398. The van der Waals surface area contributed by atoms with E-state index in [2.05, 4.69) is 13.8 Å². The highest BCUT2D eigenvalue weighted by molar-refractivity contribution is 8.03. The lowest BCUT2D eigenvalue weighted by Crippen LogP contribution is -2.24. The highest BCUT2D eigenvalue weighted by atomic mass is 32.2. The number of nitrogens with zero attached hydrogens (tertiary/aromatic N) is 1. The SMILES string of the molecule is CCSCC(C)Sc1ccccc1N(C)C(=O)O. The van der Waals surface area contributed by atoms with E-state index in [0.29, 0.717) is 5.25 Å². The summed E-state index contributed by atoms with van der Waals surface area (Å²) in [5.74, 6) is 2.19. The fraction of sp³-hybridized carbons (Fsp3) is 0.462. The average Bonchev–Trinajstić information content (AvgIpc) is 2.36. The molecule has 0 heterocycles. The van der Waals surface area contributed by atoms with Gasteiger partial charge in [0.15, 0.2) is 0 Å². The van der Waals surface area contributed by atoms with Crippen molar-refractivity contribution in [2.24, 2.45) is 0 Å². The quantitative estimate of drug-likeness (QED) is 0.801. The summed E-state index contributed by atoms with van der Waals surface area (Å²) in [4.78, 5) is 13.3. The molecule has 0 aliphatic carbocycles. The predicted molar refractivity (Wildman–Crippen MR) is 81.2 cm³/mol. The van der Waals surface area contributed by atoms with Crippen LogP contribution in [0, 0.1) is 0 Å². The number of hydrogen-bond donors (Lipinski definition) is 1. The molecule has 0 fully saturated rings. The van der Waals surface area contributed by atoms with Gasteiger partial charge in [0, 0.05) is 22.9 Å². The summed E-state index contributed by atoms with van der Waals surface area (Å²) in [5.41, 5.74) is 0.753. The number of rotatable bonds is 6. The van der Waals surface area contributed by atoms with E-state index in [0.717, 1.165) is 22.1 Å². The van der Waals surface area contributed by atoms with Crippen LogP contribution in [-0.2, 0) is 0 Å². The van der Waals surface area contributed by atoms with Gasteiger partial charge in [0.1, 0.15) is 0 Å². The van der Waals surface area contributed by atoms with Crippen molar-refractivity contribution in [3.63, 3.8) is 0 Å². The van der Waals surface area contributed by atoms with Gasteiger partial charge in [0.05, 0.1) is 5.69 Å². The number of carboxylic acid groups (broad SMARTS) is 1. The number of thioether (sulfide) groups is 2. The van der Waals surface area contributed by atoms with Gasteiger partial charge in [-0.3, -0.25) is 4.90 Å². The Kier molecular flexibility index (Phi) is 6.43. The number of para-hydroxylation sites is 1. The van der Waals surface area contributed by atoms with E-state index in [4.69, 9.17) is 5.11 Å². The number of benzene rings is 1. The molecule has 1 unspecified atom stereocenters. The van der Waals surface area contributed by atoms with E-state index >= 15 is 0 Å². The third-order valence-electron chi connectivity index (χ3n) is 2.40. The van der Waals surface area contributed by atoms with Crippen molar-refractivity contribution in [1.29, 1.82) is 0 Å². The summed E-state index contributed by atoms with van der Waals surface area (Å²) in [5, 5.41) is 9.52. The van der Waals surface area contributed by atoms with Crippen LogP contribution < -0.4 is 4.90 Å². The zero-order valence-electron chi connectivity index (χ0n) is 10.9. The van der Waals surface area contributed by atoms with E-state index in [1.54, 1.807) is 18.8 Å². The number of carbonyl (C=O) groups is 1. The molecule has 0 aliphatic rings. The fourth-order valence-corrected chi connectivity index (χ4v) is 3.52. The predicted octanol–water partition coefficient (Wildman–Crippen LogP) is 4.03. The van der Waals surface area contributed by atoms with Crippen LogP contribution in [0.3, 0.4) is 0 Å². The van der Waals surface area contributed by atoms with Crippen LogP contribution in [0.2, 0.25) is 0 Å². The first-order valence-corrected chi connectivity index (χ1v) is 7.89. The minimum atomic E-state index is -0.932. The van der Waals surface area contributed by atoms with Crippen molar-refractivity contribution in [3.05, 3.63) is 24.3 Å². The van der Waals surface area contributed by atoms with E-state index in [1.165, 1.54) is 4.90 Å². The molecule has 0 radical (unpaired) electrons. The first kappa shape index (κ1) is 15.2. The van der Waals surface area contributed by atoms with E-state index in [1.807, 2.05) is 36.0 Å². The van der Waals surface area contributed by atoms with Crippen molar-refractivity contribution in [1.82, 2.24) is 0 Å². The van der Waals surface area contributed by atoms with Crippen LogP contribution in [0.1, 0.15) is 13.8 Å². The van der Waals surface area contributed by atoms with Crippen LogP contribution in [0.4, 0.5) is 10.5 Å². The maximum Gasteiger partial charge on any atom is 0.411 e. The minimum Gasteiger partial charge on any atom is -0.465 e. The standard InChI is InChI=1S/C13H19NO2S2/c1-4-17-9-10(2)18-12-8-6-5-7-11(12)14(3)13(15)16/h5-8,10H,4,9H2,1-3H3,(H,15,16). The molecule has 100 valence electrons. The van der Waals surface area contributed by atoms with Crippen LogP contribution in [0.5, 0.6) is 0 Å².